The van der Waals surface area contributed by atoms with Crippen LogP contribution < -0.4 is 9.80 Å². The van der Waals surface area contributed by atoms with Crippen LogP contribution in [0.1, 0.15) is 12.8 Å². The van der Waals surface area contributed by atoms with E-state index < -0.39 is 0 Å². The van der Waals surface area contributed by atoms with Crippen LogP contribution in [0.2, 0.25) is 0 Å². The lowest BCUT2D eigenvalue weighted by molar-refractivity contribution is -0.212. The molecule has 3 aliphatic heterocycles. The first-order chi connectivity index (χ1) is 13.0. The number of hydrogen-bond acceptors (Lipinski definition) is 8. The van der Waals surface area contributed by atoms with Gasteiger partial charge in [-0.15, -0.1) is 0 Å². The molecule has 4 rings (SSSR count). The number of likely N-dealkylation sites (N-methyl/N-ethyl adjacent to an activating group) is 1. The molecule has 0 N–H and O–H groups in total. The fourth-order valence-corrected chi connectivity index (χ4v) is 3.95. The number of rotatable bonds is 3. The molecular formula is C18H28N6O3. The van der Waals surface area contributed by atoms with Gasteiger partial charge in [0.25, 0.3) is 5.91 Å². The average molecular weight is 376 g/mol. The summed E-state index contributed by atoms with van der Waals surface area (Å²) in [7, 11) is 5.92. The SMILES string of the molecule is CN(C)c1cc(N2CC3(C2)CN(C)[C@@H](C(=O)N2CCCCO2)CO3)ncn1. The van der Waals surface area contributed by atoms with E-state index >= 15 is 0 Å². The Balaban J connectivity index is 1.35. The summed E-state index contributed by atoms with van der Waals surface area (Å²) in [6.45, 7) is 3.94. The van der Waals surface area contributed by atoms with Gasteiger partial charge in [-0.3, -0.25) is 14.5 Å². The van der Waals surface area contributed by atoms with Crippen molar-refractivity contribution >= 4 is 17.5 Å². The quantitative estimate of drug-likeness (QED) is 0.729. The molecule has 0 unspecified atom stereocenters. The molecule has 0 aliphatic carbocycles. The lowest BCUT2D eigenvalue weighted by Crippen LogP contribution is -2.72. The summed E-state index contributed by atoms with van der Waals surface area (Å²) < 4.78 is 6.19. The van der Waals surface area contributed by atoms with Gasteiger partial charge in [0.05, 0.1) is 26.3 Å². The zero-order valence-electron chi connectivity index (χ0n) is 16.3. The van der Waals surface area contributed by atoms with E-state index in [9.17, 15) is 4.79 Å². The van der Waals surface area contributed by atoms with Crippen LogP contribution in [0.4, 0.5) is 11.6 Å². The second kappa shape index (κ2) is 7.21. The lowest BCUT2D eigenvalue weighted by Gasteiger charge is -2.55. The minimum absolute atomic E-state index is 0.00894. The van der Waals surface area contributed by atoms with Crippen LogP contribution in [0, 0.1) is 0 Å². The maximum Gasteiger partial charge on any atom is 0.265 e. The number of carbonyl (C=O) groups is 1. The minimum Gasteiger partial charge on any atom is -0.368 e. The number of hydrogen-bond donors (Lipinski definition) is 0. The van der Waals surface area contributed by atoms with Crippen LogP contribution in [0.15, 0.2) is 12.4 Å². The van der Waals surface area contributed by atoms with Gasteiger partial charge >= 0.3 is 0 Å². The summed E-state index contributed by atoms with van der Waals surface area (Å²) in [4.78, 5) is 33.1. The van der Waals surface area contributed by atoms with E-state index in [4.69, 9.17) is 9.57 Å². The molecular weight excluding hydrogens is 348 g/mol. The number of aromatic nitrogens is 2. The number of carbonyl (C=O) groups excluding carboxylic acids is 1. The molecule has 148 valence electrons. The van der Waals surface area contributed by atoms with Gasteiger partial charge in [0.1, 0.15) is 29.6 Å². The number of nitrogens with zero attached hydrogens (tertiary/aromatic N) is 6. The van der Waals surface area contributed by atoms with Crippen molar-refractivity contribution in [3.63, 3.8) is 0 Å². The molecule has 27 heavy (non-hydrogen) atoms. The fraction of sp³-hybridized carbons (Fsp3) is 0.722. The number of amides is 1. The van der Waals surface area contributed by atoms with Crippen LogP contribution in [0.5, 0.6) is 0 Å². The Morgan fingerprint density at radius 3 is 2.74 bits per heavy atom. The van der Waals surface area contributed by atoms with E-state index in [-0.39, 0.29) is 17.6 Å². The van der Waals surface area contributed by atoms with Gasteiger partial charge in [-0.05, 0) is 19.9 Å². The average Bonchev–Trinajstić information content (AvgIpc) is 2.66. The second-order valence-corrected chi connectivity index (χ2v) is 7.89. The first kappa shape index (κ1) is 18.4. The van der Waals surface area contributed by atoms with E-state index in [1.807, 2.05) is 32.1 Å². The van der Waals surface area contributed by atoms with Crippen molar-refractivity contribution in [3.05, 3.63) is 12.4 Å². The maximum atomic E-state index is 12.7. The van der Waals surface area contributed by atoms with Gasteiger partial charge in [-0.1, -0.05) is 0 Å². The molecule has 9 heteroatoms. The summed E-state index contributed by atoms with van der Waals surface area (Å²) in [5.74, 6) is 1.80. The topological polar surface area (TPSA) is 74.3 Å². The minimum atomic E-state index is -0.276. The standard InChI is InChI=1S/C18H28N6O3/c1-21(2)15-8-16(20-13-19-15)23-11-18(12-23)10-22(3)14(9-26-18)17(25)24-6-4-5-7-27-24/h8,13-14H,4-7,9-12H2,1-3H3/t14-/m1/s1. The Morgan fingerprint density at radius 2 is 2.07 bits per heavy atom. The highest BCUT2D eigenvalue weighted by Crippen LogP contribution is 2.34. The predicted molar refractivity (Wildman–Crippen MR) is 101 cm³/mol. The molecule has 9 nitrogen and oxygen atoms in total. The molecule has 1 spiro atoms. The molecule has 1 aromatic rings. The molecule has 1 aromatic heterocycles. The zero-order chi connectivity index (χ0) is 19.0. The van der Waals surface area contributed by atoms with Gasteiger partial charge in [-0.25, -0.2) is 15.0 Å². The van der Waals surface area contributed by atoms with Crippen LogP contribution in [-0.4, -0.2) is 98.0 Å². The number of hydroxylamine groups is 2. The van der Waals surface area contributed by atoms with Crippen molar-refractivity contribution in [2.45, 2.75) is 24.5 Å². The first-order valence-electron chi connectivity index (χ1n) is 9.50. The van der Waals surface area contributed by atoms with Crippen molar-refractivity contribution in [2.24, 2.45) is 0 Å². The van der Waals surface area contributed by atoms with Crippen molar-refractivity contribution in [1.29, 1.82) is 0 Å². The molecule has 1 atom stereocenters. The molecule has 0 bridgehead atoms. The molecule has 0 radical (unpaired) electrons. The van der Waals surface area contributed by atoms with Crippen LogP contribution in [0.3, 0.4) is 0 Å². The predicted octanol–water partition coefficient (Wildman–Crippen LogP) is -0.0140. The highest BCUT2D eigenvalue weighted by molar-refractivity contribution is 5.81. The lowest BCUT2D eigenvalue weighted by atomic mass is 9.90. The zero-order valence-corrected chi connectivity index (χ0v) is 16.3. The van der Waals surface area contributed by atoms with Crippen molar-refractivity contribution in [2.75, 3.05) is 70.3 Å². The summed E-state index contributed by atoms with van der Waals surface area (Å²) in [6, 6.07) is 1.71. The van der Waals surface area contributed by atoms with E-state index in [1.54, 1.807) is 6.33 Å². The maximum absolute atomic E-state index is 12.7. The van der Waals surface area contributed by atoms with Gasteiger partial charge in [0.15, 0.2) is 0 Å². The molecule has 3 aliphatic rings. The number of ether oxygens (including phenoxy) is 1. The van der Waals surface area contributed by atoms with Gasteiger partial charge in [-0.2, -0.15) is 0 Å². The largest absolute Gasteiger partial charge is 0.368 e. The third-order valence-electron chi connectivity index (χ3n) is 5.53. The Hall–Kier alpha value is -1.97. The fourth-order valence-electron chi connectivity index (χ4n) is 3.95. The van der Waals surface area contributed by atoms with Gasteiger partial charge in [0, 0.05) is 33.3 Å². The Bertz CT molecular complexity index is 687. The van der Waals surface area contributed by atoms with Gasteiger partial charge in [0.2, 0.25) is 0 Å². The van der Waals surface area contributed by atoms with Gasteiger partial charge < -0.3 is 14.5 Å². The Kier molecular flexibility index (Phi) is 4.92. The molecule has 0 aromatic carbocycles. The Labute approximate surface area is 159 Å². The number of morpholine rings is 1. The molecule has 3 saturated heterocycles. The van der Waals surface area contributed by atoms with Crippen LogP contribution in [-0.2, 0) is 14.4 Å². The summed E-state index contributed by atoms with van der Waals surface area (Å²) in [5, 5.41) is 1.52. The van der Waals surface area contributed by atoms with Crippen LogP contribution in [0.25, 0.3) is 0 Å². The summed E-state index contributed by atoms with van der Waals surface area (Å²) in [6.07, 6.45) is 3.60. The first-order valence-corrected chi connectivity index (χ1v) is 9.50. The third-order valence-corrected chi connectivity index (χ3v) is 5.53. The van der Waals surface area contributed by atoms with Crippen molar-refractivity contribution < 1.29 is 14.4 Å². The highest BCUT2D eigenvalue weighted by Gasteiger charge is 2.50. The highest BCUT2D eigenvalue weighted by atomic mass is 16.7. The third kappa shape index (κ3) is 3.59. The molecule has 4 heterocycles. The summed E-state index contributed by atoms with van der Waals surface area (Å²) >= 11 is 0. The Morgan fingerprint density at radius 1 is 1.26 bits per heavy atom. The van der Waals surface area contributed by atoms with Crippen molar-refractivity contribution in [3.8, 4) is 0 Å². The monoisotopic (exact) mass is 376 g/mol. The van der Waals surface area contributed by atoms with E-state index in [2.05, 4.69) is 19.8 Å². The molecule has 0 saturated carbocycles. The number of anilines is 2. The van der Waals surface area contributed by atoms with E-state index in [0.29, 0.717) is 19.8 Å². The van der Waals surface area contributed by atoms with E-state index in [0.717, 1.165) is 44.1 Å². The second-order valence-electron chi connectivity index (χ2n) is 7.89. The molecule has 3 fully saturated rings. The molecule has 1 amide bonds. The van der Waals surface area contributed by atoms with Crippen molar-refractivity contribution in [1.82, 2.24) is 19.9 Å². The summed E-state index contributed by atoms with van der Waals surface area (Å²) in [5.41, 5.74) is -0.239. The van der Waals surface area contributed by atoms with E-state index in [1.165, 1.54) is 5.06 Å². The van der Waals surface area contributed by atoms with Crippen LogP contribution >= 0.6 is 0 Å². The normalized spacial score (nSPS) is 25.4. The smallest absolute Gasteiger partial charge is 0.265 e.